The van der Waals surface area contributed by atoms with Crippen LogP contribution < -0.4 is 10.6 Å². The number of alkyl halides is 3. The number of benzene rings is 2. The second-order valence-corrected chi connectivity index (χ2v) is 9.29. The molecule has 7 nitrogen and oxygen atoms in total. The van der Waals surface area contributed by atoms with E-state index in [0.29, 0.717) is 29.5 Å². The fraction of sp³-hybridized carbons (Fsp3) is 0.321. The van der Waals surface area contributed by atoms with Crippen LogP contribution in [0.3, 0.4) is 0 Å². The van der Waals surface area contributed by atoms with Crippen molar-refractivity contribution in [2.45, 2.75) is 31.1 Å². The number of hydrogen-bond acceptors (Lipinski definition) is 5. The van der Waals surface area contributed by atoms with Crippen LogP contribution in [-0.2, 0) is 0 Å². The molecule has 3 aromatic rings. The number of pyridine rings is 1. The molecule has 0 spiro atoms. The number of halogens is 3. The van der Waals surface area contributed by atoms with Gasteiger partial charge in [0, 0.05) is 42.7 Å². The maximum Gasteiger partial charge on any atom is 0.401 e. The summed E-state index contributed by atoms with van der Waals surface area (Å²) >= 11 is 0. The van der Waals surface area contributed by atoms with Gasteiger partial charge in [0.15, 0.2) is 0 Å². The Bertz CT molecular complexity index is 1230. The highest BCUT2D eigenvalue weighted by Gasteiger charge is 2.32. The lowest BCUT2D eigenvalue weighted by atomic mass is 10.0. The minimum atomic E-state index is -4.24. The number of hydrogen-bond donors (Lipinski definition) is 3. The van der Waals surface area contributed by atoms with Gasteiger partial charge in [-0.3, -0.25) is 19.5 Å². The van der Waals surface area contributed by atoms with E-state index >= 15 is 0 Å². The molecule has 0 bridgehead atoms. The molecule has 38 heavy (non-hydrogen) atoms. The molecule has 0 radical (unpaired) electrons. The van der Waals surface area contributed by atoms with Crippen molar-refractivity contribution >= 4 is 11.8 Å². The molecule has 10 heteroatoms. The summed E-state index contributed by atoms with van der Waals surface area (Å²) in [4.78, 5) is 31.0. The molecule has 2 aromatic carbocycles. The summed E-state index contributed by atoms with van der Waals surface area (Å²) in [5.74, 6) is -0.721. The lowest BCUT2D eigenvalue weighted by molar-refractivity contribution is -0.148. The first-order valence-corrected chi connectivity index (χ1v) is 12.3. The third-order valence-corrected chi connectivity index (χ3v) is 6.53. The van der Waals surface area contributed by atoms with Gasteiger partial charge in [-0.25, -0.2) is 0 Å². The number of piperidine rings is 1. The number of carbonyl (C=O) groups is 2. The van der Waals surface area contributed by atoms with Crippen LogP contribution >= 0.6 is 0 Å². The van der Waals surface area contributed by atoms with Crippen LogP contribution in [0.15, 0.2) is 73.1 Å². The summed E-state index contributed by atoms with van der Waals surface area (Å²) in [5.41, 5.74) is 3.23. The minimum Gasteiger partial charge on any atom is -0.394 e. The van der Waals surface area contributed by atoms with Crippen molar-refractivity contribution in [1.82, 2.24) is 20.5 Å². The van der Waals surface area contributed by atoms with Gasteiger partial charge in [-0.1, -0.05) is 24.3 Å². The molecule has 1 aromatic heterocycles. The monoisotopic (exact) mass is 526 g/mol. The smallest absolute Gasteiger partial charge is 0.394 e. The predicted octanol–water partition coefficient (Wildman–Crippen LogP) is 3.97. The Morgan fingerprint density at radius 3 is 2.24 bits per heavy atom. The molecule has 1 atom stereocenters. The van der Waals surface area contributed by atoms with E-state index in [2.05, 4.69) is 15.6 Å². The number of aliphatic hydroxyl groups excluding tert-OH is 1. The number of carbonyl (C=O) groups excluding carboxylic acids is 2. The summed E-state index contributed by atoms with van der Waals surface area (Å²) < 4.78 is 37.8. The number of aliphatic hydroxyl groups is 1. The second kappa shape index (κ2) is 12.2. The van der Waals surface area contributed by atoms with Gasteiger partial charge in [0.25, 0.3) is 11.8 Å². The molecule has 1 aliphatic heterocycles. The number of likely N-dealkylation sites (tertiary alicyclic amines) is 1. The Morgan fingerprint density at radius 2 is 1.61 bits per heavy atom. The van der Waals surface area contributed by atoms with E-state index in [1.165, 1.54) is 4.90 Å². The number of aromatic nitrogens is 1. The Morgan fingerprint density at radius 1 is 0.947 bits per heavy atom. The maximum absolute atomic E-state index is 12.8. The Kier molecular flexibility index (Phi) is 8.75. The zero-order valence-electron chi connectivity index (χ0n) is 20.6. The molecule has 200 valence electrons. The number of nitrogens with zero attached hydrogens (tertiary/aromatic N) is 2. The number of amides is 2. The lowest BCUT2D eigenvalue weighted by Crippen LogP contribution is -2.47. The summed E-state index contributed by atoms with van der Waals surface area (Å²) in [6.07, 6.45) is 0.00114. The second-order valence-electron chi connectivity index (χ2n) is 9.29. The average molecular weight is 527 g/mol. The van der Waals surface area contributed by atoms with Crippen molar-refractivity contribution in [3.8, 4) is 11.1 Å². The van der Waals surface area contributed by atoms with Gasteiger partial charge in [-0.2, -0.15) is 13.2 Å². The zero-order valence-corrected chi connectivity index (χ0v) is 20.6. The molecule has 1 fully saturated rings. The van der Waals surface area contributed by atoms with E-state index in [0.717, 1.165) is 11.1 Å². The molecular formula is C28H29F3N4O3. The van der Waals surface area contributed by atoms with Crippen molar-refractivity contribution in [2.24, 2.45) is 0 Å². The van der Waals surface area contributed by atoms with E-state index in [-0.39, 0.29) is 37.6 Å². The first-order valence-electron chi connectivity index (χ1n) is 12.3. The van der Waals surface area contributed by atoms with Crippen LogP contribution in [0, 0.1) is 0 Å². The highest BCUT2D eigenvalue weighted by Crippen LogP contribution is 2.22. The fourth-order valence-electron chi connectivity index (χ4n) is 4.49. The van der Waals surface area contributed by atoms with Crippen molar-refractivity contribution in [1.29, 1.82) is 0 Å². The van der Waals surface area contributed by atoms with Gasteiger partial charge in [0.05, 0.1) is 19.2 Å². The molecule has 2 heterocycles. The van der Waals surface area contributed by atoms with Crippen molar-refractivity contribution in [3.63, 3.8) is 0 Å². The molecule has 1 saturated heterocycles. The van der Waals surface area contributed by atoms with Crippen LogP contribution in [0.25, 0.3) is 11.1 Å². The Hall–Kier alpha value is -3.76. The SMILES string of the molecule is O=C(NC1CCN(CC(F)(F)F)CC1)c1cccc([C@@H](CO)NC(=O)c2ccc(-c3ccncc3)cc2)c1. The van der Waals surface area contributed by atoms with E-state index in [9.17, 15) is 27.9 Å². The molecule has 0 saturated carbocycles. The topological polar surface area (TPSA) is 94.6 Å². The predicted molar refractivity (Wildman–Crippen MR) is 136 cm³/mol. The fourth-order valence-corrected chi connectivity index (χ4v) is 4.49. The van der Waals surface area contributed by atoms with Crippen LogP contribution in [-0.4, -0.2) is 65.3 Å². The Labute approximate surface area is 218 Å². The molecular weight excluding hydrogens is 497 g/mol. The first kappa shape index (κ1) is 27.3. The quantitative estimate of drug-likeness (QED) is 0.413. The number of nitrogens with one attached hydrogen (secondary N) is 2. The maximum atomic E-state index is 12.8. The molecule has 4 rings (SSSR count). The molecule has 2 amide bonds. The molecule has 0 aliphatic carbocycles. The molecule has 0 unspecified atom stereocenters. The summed E-state index contributed by atoms with van der Waals surface area (Å²) in [6.45, 7) is -0.804. The highest BCUT2D eigenvalue weighted by molar-refractivity contribution is 5.96. The molecule has 3 N–H and O–H groups in total. The van der Waals surface area contributed by atoms with Crippen molar-refractivity contribution in [2.75, 3.05) is 26.2 Å². The zero-order chi connectivity index (χ0) is 27.1. The van der Waals surface area contributed by atoms with Gasteiger partial charge >= 0.3 is 6.18 Å². The van der Waals surface area contributed by atoms with Crippen molar-refractivity contribution in [3.05, 3.63) is 89.7 Å². The van der Waals surface area contributed by atoms with Crippen LogP contribution in [0.5, 0.6) is 0 Å². The summed E-state index contributed by atoms with van der Waals surface area (Å²) in [7, 11) is 0. The third kappa shape index (κ3) is 7.39. The highest BCUT2D eigenvalue weighted by atomic mass is 19.4. The largest absolute Gasteiger partial charge is 0.401 e. The number of rotatable bonds is 8. The van der Waals surface area contributed by atoms with Crippen molar-refractivity contribution < 1.29 is 27.9 Å². The average Bonchev–Trinajstić information content (AvgIpc) is 2.92. The minimum absolute atomic E-state index is 0.223. The third-order valence-electron chi connectivity index (χ3n) is 6.53. The van der Waals surface area contributed by atoms with E-state index in [4.69, 9.17) is 0 Å². The lowest BCUT2D eigenvalue weighted by Gasteiger charge is -2.32. The summed E-state index contributed by atoms with van der Waals surface area (Å²) in [5, 5.41) is 15.6. The van der Waals surface area contributed by atoms with Crippen LogP contribution in [0.2, 0.25) is 0 Å². The Balaban J connectivity index is 1.35. The van der Waals surface area contributed by atoms with E-state index in [1.807, 2.05) is 24.3 Å². The first-order chi connectivity index (χ1) is 18.2. The summed E-state index contributed by atoms with van der Waals surface area (Å²) in [6, 6.07) is 16.4. The van der Waals surface area contributed by atoms with Gasteiger partial charge in [-0.15, -0.1) is 0 Å². The van der Waals surface area contributed by atoms with Gasteiger partial charge in [0.2, 0.25) is 0 Å². The standard InChI is InChI=1S/C28H29F3N4O3/c29-28(30,31)18-35-14-10-24(11-15-35)33-27(38)23-3-1-2-22(16-23)25(17-36)34-26(37)21-6-4-19(5-7-21)20-8-12-32-13-9-20/h1-9,12-13,16,24-25,36H,10-11,14-15,17-18H2,(H,33,38)(H,34,37)/t25-/m1/s1. The van der Waals surface area contributed by atoms with Gasteiger partial charge in [0.1, 0.15) is 0 Å². The van der Waals surface area contributed by atoms with Gasteiger partial charge in [-0.05, 0) is 65.9 Å². The van der Waals surface area contributed by atoms with Crippen LogP contribution in [0.4, 0.5) is 13.2 Å². The van der Waals surface area contributed by atoms with E-state index < -0.39 is 18.8 Å². The molecule has 1 aliphatic rings. The van der Waals surface area contributed by atoms with Gasteiger partial charge < -0.3 is 15.7 Å². The normalized spacial score (nSPS) is 15.6. The van der Waals surface area contributed by atoms with E-state index in [1.54, 1.807) is 48.8 Å². The van der Waals surface area contributed by atoms with Crippen LogP contribution in [0.1, 0.15) is 45.2 Å².